The van der Waals surface area contributed by atoms with Gasteiger partial charge in [0, 0.05) is 0 Å². The van der Waals surface area contributed by atoms with Gasteiger partial charge in [-0.1, -0.05) is 0 Å². The Balaban J connectivity index is 0. The van der Waals surface area contributed by atoms with Gasteiger partial charge < -0.3 is 68.3 Å². The monoisotopic (exact) mass is 479 g/mol. The summed E-state index contributed by atoms with van der Waals surface area (Å²) in [5.74, 6) is 0. The molecule has 0 aliphatic heterocycles. The average molecular weight is 476 g/mol. The number of rotatable bonds is 0. The summed E-state index contributed by atoms with van der Waals surface area (Å²) in [5.41, 5.74) is 0. The molecule has 2 radical (unpaired) electrons. The van der Waals surface area contributed by atoms with Crippen LogP contribution in [-0.4, -0.2) is 68.3 Å². The molecule has 0 amide bonds. The molecule has 0 rings (SSSR count). The first kappa shape index (κ1) is 74.2. The third kappa shape index (κ3) is 42.3. The molecule has 0 saturated heterocycles. The minimum atomic E-state index is 0. The second-order valence-electron chi connectivity index (χ2n) is 0. The first-order valence-corrected chi connectivity index (χ1v) is 0. The largest absolute Gasteiger partial charge is 3.00 e. The van der Waals surface area contributed by atoms with Crippen LogP contribution < -0.4 is 0 Å². The molecule has 0 aromatic rings. The van der Waals surface area contributed by atoms with Crippen LogP contribution in [0.2, 0.25) is 0 Å². The van der Waals surface area contributed by atoms with Crippen LogP contribution in [0.1, 0.15) is 0 Å². The van der Waals surface area contributed by atoms with Crippen molar-refractivity contribution < 1.29 is 51.8 Å². The second-order valence-corrected chi connectivity index (χ2v) is 0. The molecule has 0 aromatic carbocycles. The van der Waals surface area contributed by atoms with E-state index in [1.807, 2.05) is 0 Å². The molecule has 0 saturated carbocycles. The Kier molecular flexibility index (Phi) is 573. The van der Waals surface area contributed by atoms with Crippen LogP contribution in [0.4, 0.5) is 0 Å². The Bertz CT molecular complexity index is 9.65. The van der Waals surface area contributed by atoms with Gasteiger partial charge in [0.2, 0.25) is 0 Å². The van der Waals surface area contributed by atoms with Gasteiger partial charge in [-0.05, 0) is 0 Å². The van der Waals surface area contributed by atoms with E-state index in [0.717, 1.165) is 0 Å². The average Bonchev–Trinajstić information content (AvgIpc) is 0. The second kappa shape index (κ2) is 54.1. The number of hydrogen-bond acceptors (Lipinski definition) is 0. The van der Waals surface area contributed by atoms with Gasteiger partial charge in [0.25, 0.3) is 0 Å². The Morgan fingerprint density at radius 1 is 0.429 bits per heavy atom. The Morgan fingerprint density at radius 2 is 0.429 bits per heavy atom. The molecule has 44 valence electrons. The SMILES string of the molecule is [Cr+3].[Cr+3].[Fe+2].[Se-2].[Se-2].[Se-2].[Se-2]. The Hall–Kier alpha value is 3.66. The smallest absolute Gasteiger partial charge is 2.00 e. The standard InChI is InChI=1S/2Cr.Fe.4Se/q2*+3;+2;4*-2. The molecule has 0 aliphatic carbocycles. The van der Waals surface area contributed by atoms with E-state index in [4.69, 9.17) is 0 Å². The zero-order chi connectivity index (χ0) is 0. The molecular formula is Cr2FeSe4. The van der Waals surface area contributed by atoms with Crippen LogP contribution >= 0.6 is 0 Å². The van der Waals surface area contributed by atoms with Crippen LogP contribution in [0.25, 0.3) is 0 Å². The zero-order valence-corrected chi connectivity index (χ0v) is 13.3. The van der Waals surface area contributed by atoms with Crippen LogP contribution in [0.5, 0.6) is 0 Å². The first-order chi connectivity index (χ1) is 0. The minimum absolute atomic E-state index is 0. The van der Waals surface area contributed by atoms with Crippen LogP contribution in [0, 0.1) is 0 Å². The summed E-state index contributed by atoms with van der Waals surface area (Å²) in [6.07, 6.45) is 0. The third-order valence-corrected chi connectivity index (χ3v) is 0. The summed E-state index contributed by atoms with van der Waals surface area (Å²) < 4.78 is 0. The van der Waals surface area contributed by atoms with Crippen molar-refractivity contribution in [1.29, 1.82) is 0 Å². The molecule has 0 unspecified atom stereocenters. The topological polar surface area (TPSA) is 0 Å². The fraction of sp³-hybridized carbons (Fsp3) is 0. The van der Waals surface area contributed by atoms with Crippen LogP contribution in [-0.2, 0) is 51.8 Å². The molecule has 0 heterocycles. The Labute approximate surface area is 118 Å². The molecular weight excluding hydrogens is 476 g/mol. The molecule has 7 heavy (non-hydrogen) atoms. The summed E-state index contributed by atoms with van der Waals surface area (Å²) in [7, 11) is 0. The van der Waals surface area contributed by atoms with Gasteiger partial charge in [-0.25, -0.2) is 0 Å². The van der Waals surface area contributed by atoms with E-state index in [2.05, 4.69) is 0 Å². The van der Waals surface area contributed by atoms with E-state index in [1.54, 1.807) is 0 Å². The summed E-state index contributed by atoms with van der Waals surface area (Å²) in [6.45, 7) is 0. The normalized spacial score (nSPS) is 0. The predicted octanol–water partition coefficient (Wildman–Crippen LogP) is -1.53. The number of hydrogen-bond donors (Lipinski definition) is 0. The van der Waals surface area contributed by atoms with Crippen molar-refractivity contribution in [2.45, 2.75) is 0 Å². The van der Waals surface area contributed by atoms with Crippen molar-refractivity contribution in [3.63, 3.8) is 0 Å². The van der Waals surface area contributed by atoms with Gasteiger partial charge in [0.1, 0.15) is 0 Å². The van der Waals surface area contributed by atoms with E-state index < -0.39 is 0 Å². The van der Waals surface area contributed by atoms with Gasteiger partial charge in [0.15, 0.2) is 0 Å². The fourth-order valence-electron chi connectivity index (χ4n) is 0. The van der Waals surface area contributed by atoms with Gasteiger partial charge in [-0.2, -0.15) is 0 Å². The molecule has 0 spiro atoms. The molecule has 7 heteroatoms. The van der Waals surface area contributed by atoms with Crippen molar-refractivity contribution in [3.05, 3.63) is 0 Å². The fourth-order valence-corrected chi connectivity index (χ4v) is 0. The summed E-state index contributed by atoms with van der Waals surface area (Å²) in [6, 6.07) is 0. The quantitative estimate of drug-likeness (QED) is 0.373. The van der Waals surface area contributed by atoms with Gasteiger partial charge >= 0.3 is 51.8 Å². The van der Waals surface area contributed by atoms with Crippen molar-refractivity contribution in [2.24, 2.45) is 0 Å². The minimum Gasteiger partial charge on any atom is -2.00 e. The maximum Gasteiger partial charge on any atom is 3.00 e. The van der Waals surface area contributed by atoms with Crippen molar-refractivity contribution in [3.8, 4) is 0 Å². The molecule has 0 aliphatic rings. The van der Waals surface area contributed by atoms with Crippen molar-refractivity contribution in [1.82, 2.24) is 0 Å². The maximum absolute atomic E-state index is 0. The molecule has 0 bridgehead atoms. The summed E-state index contributed by atoms with van der Waals surface area (Å²) in [5, 5.41) is 0. The van der Waals surface area contributed by atoms with Crippen LogP contribution in [0.15, 0.2) is 0 Å². The van der Waals surface area contributed by atoms with E-state index in [-0.39, 0.29) is 120 Å². The third-order valence-electron chi connectivity index (χ3n) is 0. The zero-order valence-electron chi connectivity index (χ0n) is 2.80. The summed E-state index contributed by atoms with van der Waals surface area (Å²) in [4.78, 5) is 0. The van der Waals surface area contributed by atoms with Crippen molar-refractivity contribution in [2.75, 3.05) is 0 Å². The van der Waals surface area contributed by atoms with Gasteiger partial charge in [0.05, 0.1) is 0 Å². The summed E-state index contributed by atoms with van der Waals surface area (Å²) >= 11 is 0. The maximum atomic E-state index is 0. The predicted molar refractivity (Wildman–Crippen MR) is 23.0 cm³/mol. The van der Waals surface area contributed by atoms with Gasteiger partial charge in [-0.3, -0.25) is 0 Å². The van der Waals surface area contributed by atoms with Gasteiger partial charge in [-0.15, -0.1) is 0 Å². The van der Waals surface area contributed by atoms with Crippen molar-refractivity contribution >= 4 is 68.3 Å². The molecule has 0 atom stereocenters. The molecule has 0 aromatic heterocycles. The Morgan fingerprint density at radius 3 is 0.429 bits per heavy atom. The molecule has 0 nitrogen and oxygen atoms in total. The molecule has 0 N–H and O–H groups in total. The van der Waals surface area contributed by atoms with E-state index >= 15 is 0 Å². The van der Waals surface area contributed by atoms with E-state index in [1.165, 1.54) is 0 Å². The molecule has 0 fully saturated rings. The van der Waals surface area contributed by atoms with E-state index in [0.29, 0.717) is 0 Å². The van der Waals surface area contributed by atoms with Crippen LogP contribution in [0.3, 0.4) is 0 Å². The van der Waals surface area contributed by atoms with E-state index in [9.17, 15) is 0 Å². The first-order valence-electron chi connectivity index (χ1n) is 0.